The maximum absolute atomic E-state index is 13.5. The van der Waals surface area contributed by atoms with E-state index in [1.807, 2.05) is 0 Å². The van der Waals surface area contributed by atoms with Crippen LogP contribution in [0, 0.1) is 5.41 Å². The molecule has 9 nitrogen and oxygen atoms in total. The molecular formula is C37H43ClN2O7S2. The molecular weight excluding hydrogens is 684 g/mol. The molecule has 3 aromatic carbocycles. The van der Waals surface area contributed by atoms with Gasteiger partial charge in [0.15, 0.2) is 15.9 Å². The molecule has 49 heavy (non-hydrogen) atoms. The molecule has 262 valence electrons. The predicted octanol–water partition coefficient (Wildman–Crippen LogP) is 8.25. The minimum atomic E-state index is -3.53. The summed E-state index contributed by atoms with van der Waals surface area (Å²) >= 11 is 7.51. The first kappa shape index (κ1) is 37.9. The number of aryl methyl sites for hydroxylation is 1. The molecule has 0 saturated heterocycles. The number of nitrogens with zero attached hydrogens (tertiary/aromatic N) is 1. The number of hydrogen-bond donors (Lipinski definition) is 2. The molecule has 0 aliphatic rings. The summed E-state index contributed by atoms with van der Waals surface area (Å²) in [4.78, 5) is 30.5. The van der Waals surface area contributed by atoms with Gasteiger partial charge in [-0.3, -0.25) is 4.79 Å². The Morgan fingerprint density at radius 3 is 2.33 bits per heavy atom. The molecule has 0 aliphatic carbocycles. The number of thiazole rings is 1. The number of benzene rings is 3. The fourth-order valence-corrected chi connectivity index (χ4v) is 7.27. The number of anilines is 1. The van der Waals surface area contributed by atoms with E-state index in [9.17, 15) is 23.1 Å². The molecule has 0 spiro atoms. The zero-order valence-electron chi connectivity index (χ0n) is 28.6. The Morgan fingerprint density at radius 1 is 0.980 bits per heavy atom. The Hall–Kier alpha value is -3.93. The van der Waals surface area contributed by atoms with Gasteiger partial charge in [0.25, 0.3) is 5.91 Å². The summed E-state index contributed by atoms with van der Waals surface area (Å²) in [6, 6.07) is 17.8. The summed E-state index contributed by atoms with van der Waals surface area (Å²) in [6.45, 7) is 12.0. The van der Waals surface area contributed by atoms with Crippen LogP contribution >= 0.6 is 22.9 Å². The van der Waals surface area contributed by atoms with E-state index >= 15 is 0 Å². The average molecular weight is 727 g/mol. The summed E-state index contributed by atoms with van der Waals surface area (Å²) in [7, 11) is -3.53. The number of sulfone groups is 1. The predicted molar refractivity (Wildman–Crippen MR) is 194 cm³/mol. The Bertz CT molecular complexity index is 1880. The number of carboxylic acids is 1. The van der Waals surface area contributed by atoms with Crippen LogP contribution in [-0.2, 0) is 32.9 Å². The SMILES string of the molecule is CC(C)(C)c1csc(CCOc2cccc(C(=O)Nc3cc(CCCS(=O)(=O)c4ccc(Cl)cc4)ccc3OC(C(=O)O)C(C)(C)C)c2)n1. The van der Waals surface area contributed by atoms with Gasteiger partial charge in [-0.15, -0.1) is 11.3 Å². The standard InChI is InChI=1S/C37H43ClN2O7S2/c1-36(2,3)31-23-48-32(40-31)18-19-46-27-11-7-10-25(22-27)34(41)39-29-21-24(12-17-30(29)47-33(35(42)43)37(4,5)6)9-8-20-49(44,45)28-15-13-26(38)14-16-28/h7,10-17,21-23,33H,8-9,18-20H2,1-6H3,(H,39,41)(H,42,43). The fourth-order valence-electron chi connectivity index (χ4n) is 4.83. The van der Waals surface area contributed by atoms with Gasteiger partial charge in [0, 0.05) is 33.2 Å². The van der Waals surface area contributed by atoms with Gasteiger partial charge in [0.2, 0.25) is 0 Å². The molecule has 1 heterocycles. The molecule has 0 saturated carbocycles. The van der Waals surface area contributed by atoms with E-state index in [1.54, 1.807) is 74.6 Å². The van der Waals surface area contributed by atoms with Crippen molar-refractivity contribution in [3.63, 3.8) is 0 Å². The lowest BCUT2D eigenvalue weighted by molar-refractivity contribution is -0.150. The quantitative estimate of drug-likeness (QED) is 0.133. The van der Waals surface area contributed by atoms with Crippen LogP contribution in [0.2, 0.25) is 5.02 Å². The Balaban J connectivity index is 1.49. The number of aromatic nitrogens is 1. The van der Waals surface area contributed by atoms with Crippen molar-refractivity contribution >= 4 is 50.3 Å². The highest BCUT2D eigenvalue weighted by Gasteiger charge is 2.34. The maximum Gasteiger partial charge on any atom is 0.345 e. The second-order valence-electron chi connectivity index (χ2n) is 13.9. The second kappa shape index (κ2) is 15.7. The zero-order chi connectivity index (χ0) is 36.0. The lowest BCUT2D eigenvalue weighted by Crippen LogP contribution is -2.39. The molecule has 4 aromatic rings. The molecule has 1 unspecified atom stereocenters. The zero-order valence-corrected chi connectivity index (χ0v) is 31.0. The highest BCUT2D eigenvalue weighted by Crippen LogP contribution is 2.33. The summed E-state index contributed by atoms with van der Waals surface area (Å²) in [5.41, 5.74) is 1.60. The van der Waals surface area contributed by atoms with Crippen molar-refractivity contribution in [1.29, 1.82) is 0 Å². The monoisotopic (exact) mass is 726 g/mol. The molecule has 1 atom stereocenters. The number of hydrogen-bond acceptors (Lipinski definition) is 8. The highest BCUT2D eigenvalue weighted by atomic mass is 35.5. The molecule has 1 amide bonds. The molecule has 12 heteroatoms. The van der Waals surface area contributed by atoms with Crippen molar-refractivity contribution in [1.82, 2.24) is 4.98 Å². The number of carboxylic acid groups (broad SMARTS) is 1. The fraction of sp³-hybridized carbons (Fsp3) is 0.378. The van der Waals surface area contributed by atoms with E-state index in [4.69, 9.17) is 26.1 Å². The van der Waals surface area contributed by atoms with Gasteiger partial charge in [-0.2, -0.15) is 0 Å². The van der Waals surface area contributed by atoms with Crippen LogP contribution in [0.25, 0.3) is 0 Å². The second-order valence-corrected chi connectivity index (χ2v) is 17.4. The largest absolute Gasteiger partial charge is 0.493 e. The van der Waals surface area contributed by atoms with Gasteiger partial charge < -0.3 is 19.9 Å². The number of ether oxygens (including phenoxy) is 2. The smallest absolute Gasteiger partial charge is 0.345 e. The summed E-state index contributed by atoms with van der Waals surface area (Å²) in [5.74, 6) is -0.981. The minimum Gasteiger partial charge on any atom is -0.493 e. The number of carbonyl (C=O) groups is 2. The average Bonchev–Trinajstić information content (AvgIpc) is 3.50. The minimum absolute atomic E-state index is 0.0261. The first-order valence-corrected chi connectivity index (χ1v) is 18.8. The van der Waals surface area contributed by atoms with E-state index in [0.717, 1.165) is 16.3 Å². The molecule has 0 bridgehead atoms. The van der Waals surface area contributed by atoms with Crippen molar-refractivity contribution in [3.05, 3.63) is 99.0 Å². The maximum atomic E-state index is 13.5. The van der Waals surface area contributed by atoms with Gasteiger partial charge in [0.05, 0.1) is 33.6 Å². The van der Waals surface area contributed by atoms with Crippen LogP contribution in [0.1, 0.15) is 74.6 Å². The normalized spacial score (nSPS) is 12.7. The summed E-state index contributed by atoms with van der Waals surface area (Å²) in [5, 5.41) is 16.3. The van der Waals surface area contributed by atoms with Gasteiger partial charge in [-0.05, 0) is 73.0 Å². The molecule has 1 aromatic heterocycles. The molecule has 4 rings (SSSR count). The van der Waals surface area contributed by atoms with E-state index < -0.39 is 33.2 Å². The van der Waals surface area contributed by atoms with Crippen LogP contribution in [0.3, 0.4) is 0 Å². The number of nitrogens with one attached hydrogen (secondary N) is 1. The summed E-state index contributed by atoms with van der Waals surface area (Å²) < 4.78 is 37.6. The Labute approximate surface area is 297 Å². The van der Waals surface area contributed by atoms with Crippen molar-refractivity contribution in [2.75, 3.05) is 17.7 Å². The van der Waals surface area contributed by atoms with Crippen molar-refractivity contribution in [2.24, 2.45) is 5.41 Å². The number of aliphatic carboxylic acids is 1. The van der Waals surface area contributed by atoms with Crippen LogP contribution in [0.15, 0.2) is 77.0 Å². The third-order valence-corrected chi connectivity index (χ3v) is 10.6. The van der Waals surface area contributed by atoms with E-state index in [-0.39, 0.29) is 27.5 Å². The first-order valence-electron chi connectivity index (χ1n) is 15.9. The third kappa shape index (κ3) is 10.8. The number of rotatable bonds is 14. The van der Waals surface area contributed by atoms with Gasteiger partial charge >= 0.3 is 5.97 Å². The van der Waals surface area contributed by atoms with E-state index in [2.05, 4.69) is 31.5 Å². The van der Waals surface area contributed by atoms with Crippen molar-refractivity contribution in [3.8, 4) is 11.5 Å². The van der Waals surface area contributed by atoms with Gasteiger partial charge in [-0.1, -0.05) is 65.3 Å². The topological polar surface area (TPSA) is 132 Å². The Kier molecular flexibility index (Phi) is 12.2. The molecule has 0 radical (unpaired) electrons. The lowest BCUT2D eigenvalue weighted by Gasteiger charge is -2.28. The highest BCUT2D eigenvalue weighted by molar-refractivity contribution is 7.91. The Morgan fingerprint density at radius 2 is 1.69 bits per heavy atom. The summed E-state index contributed by atoms with van der Waals surface area (Å²) in [6.07, 6.45) is 0.130. The van der Waals surface area contributed by atoms with Crippen LogP contribution in [0.5, 0.6) is 11.5 Å². The van der Waals surface area contributed by atoms with Crippen LogP contribution < -0.4 is 14.8 Å². The third-order valence-electron chi connectivity index (χ3n) is 7.60. The van der Waals surface area contributed by atoms with Gasteiger partial charge in [0.1, 0.15) is 11.5 Å². The van der Waals surface area contributed by atoms with E-state index in [1.165, 1.54) is 24.3 Å². The molecule has 0 aliphatic heterocycles. The van der Waals surface area contributed by atoms with Crippen LogP contribution in [-0.4, -0.2) is 48.8 Å². The lowest BCUT2D eigenvalue weighted by atomic mass is 9.89. The first-order chi connectivity index (χ1) is 22.9. The number of halogens is 1. The number of carbonyl (C=O) groups excluding carboxylic acids is 1. The van der Waals surface area contributed by atoms with Gasteiger partial charge in [-0.25, -0.2) is 18.2 Å². The number of amides is 1. The van der Waals surface area contributed by atoms with Crippen molar-refractivity contribution < 1.29 is 32.6 Å². The van der Waals surface area contributed by atoms with Crippen molar-refractivity contribution in [2.45, 2.75) is 77.2 Å². The van der Waals surface area contributed by atoms with E-state index in [0.29, 0.717) is 42.2 Å². The molecule has 2 N–H and O–H groups in total. The van der Waals surface area contributed by atoms with Crippen LogP contribution in [0.4, 0.5) is 5.69 Å². The molecule has 0 fully saturated rings.